The summed E-state index contributed by atoms with van der Waals surface area (Å²) in [4.78, 5) is 37.9. The highest BCUT2D eigenvalue weighted by Crippen LogP contribution is 2.18. The van der Waals surface area contributed by atoms with Crippen molar-refractivity contribution in [2.24, 2.45) is 0 Å². The van der Waals surface area contributed by atoms with Gasteiger partial charge in [0.1, 0.15) is 13.2 Å². The first kappa shape index (κ1) is 71.2. The SMILES string of the molecule is CCCCCCCCCC/C=C\CCCCCCCCCCCCCCCCCCCCCCCC(=O)OCC(COC(=O)CCCCCCCC)OC(=O)CCCCCCCCCCCCCCCCCC. The van der Waals surface area contributed by atoms with Gasteiger partial charge in [-0.1, -0.05) is 328 Å². The lowest BCUT2D eigenvalue weighted by Gasteiger charge is -2.18. The van der Waals surface area contributed by atoms with Gasteiger partial charge < -0.3 is 14.2 Å². The average molecular weight is 1030 g/mol. The summed E-state index contributed by atoms with van der Waals surface area (Å²) in [7, 11) is 0. The third kappa shape index (κ3) is 60.9. The maximum atomic E-state index is 12.8. The van der Waals surface area contributed by atoms with Gasteiger partial charge in [0.15, 0.2) is 6.10 Å². The minimum absolute atomic E-state index is 0.0633. The molecule has 0 N–H and O–H groups in total. The quantitative estimate of drug-likeness (QED) is 0.0261. The monoisotopic (exact) mass is 1030 g/mol. The lowest BCUT2D eigenvalue weighted by atomic mass is 10.0. The molecule has 0 saturated carbocycles. The van der Waals surface area contributed by atoms with Gasteiger partial charge in [0, 0.05) is 19.3 Å². The zero-order valence-electron chi connectivity index (χ0n) is 49.7. The van der Waals surface area contributed by atoms with Crippen LogP contribution in [0.5, 0.6) is 0 Å². The lowest BCUT2D eigenvalue weighted by Crippen LogP contribution is -2.30. The summed E-state index contributed by atoms with van der Waals surface area (Å²) in [5.74, 6) is -0.846. The Morgan fingerprint density at radius 1 is 0.260 bits per heavy atom. The van der Waals surface area contributed by atoms with Crippen LogP contribution in [-0.4, -0.2) is 37.2 Å². The van der Waals surface area contributed by atoms with Crippen LogP contribution in [0.4, 0.5) is 0 Å². The zero-order valence-corrected chi connectivity index (χ0v) is 49.7. The molecule has 0 saturated heterocycles. The maximum Gasteiger partial charge on any atom is 0.306 e. The molecule has 0 rings (SSSR count). The fraction of sp³-hybridized carbons (Fsp3) is 0.925. The number of ether oxygens (including phenoxy) is 3. The molecule has 1 unspecified atom stereocenters. The minimum atomic E-state index is -0.761. The molecule has 0 aromatic heterocycles. The van der Waals surface area contributed by atoms with Crippen molar-refractivity contribution in [3.63, 3.8) is 0 Å². The number of carbonyl (C=O) groups is 3. The lowest BCUT2D eigenvalue weighted by molar-refractivity contribution is -0.167. The Morgan fingerprint density at radius 2 is 0.452 bits per heavy atom. The Bertz CT molecular complexity index is 1130. The topological polar surface area (TPSA) is 78.9 Å². The van der Waals surface area contributed by atoms with Gasteiger partial charge in [-0.3, -0.25) is 14.4 Å². The van der Waals surface area contributed by atoms with Crippen LogP contribution in [0.25, 0.3) is 0 Å². The molecule has 0 heterocycles. The number of allylic oxidation sites excluding steroid dienone is 2. The van der Waals surface area contributed by atoms with Crippen molar-refractivity contribution in [3.05, 3.63) is 12.2 Å². The molecule has 6 heteroatoms. The Kier molecular flexibility index (Phi) is 61.1. The number of hydrogen-bond donors (Lipinski definition) is 0. The molecule has 1 atom stereocenters. The number of unbranched alkanes of at least 4 members (excludes halogenated alkanes) is 49. The van der Waals surface area contributed by atoms with E-state index in [0.29, 0.717) is 19.3 Å². The second-order valence-electron chi connectivity index (χ2n) is 22.7. The summed E-state index contributed by atoms with van der Waals surface area (Å²) >= 11 is 0. The Morgan fingerprint density at radius 3 is 0.685 bits per heavy atom. The molecule has 0 bridgehead atoms. The van der Waals surface area contributed by atoms with E-state index in [0.717, 1.165) is 57.8 Å². The van der Waals surface area contributed by atoms with Crippen LogP contribution in [-0.2, 0) is 28.6 Å². The van der Waals surface area contributed by atoms with Crippen molar-refractivity contribution in [1.82, 2.24) is 0 Å². The first-order valence-electron chi connectivity index (χ1n) is 33.2. The Labute approximate surface area is 456 Å². The van der Waals surface area contributed by atoms with Crippen LogP contribution < -0.4 is 0 Å². The molecular formula is C67H128O6. The molecule has 0 aromatic rings. The summed E-state index contributed by atoms with van der Waals surface area (Å²) in [6, 6.07) is 0. The second kappa shape index (κ2) is 62.7. The van der Waals surface area contributed by atoms with Gasteiger partial charge in [-0.2, -0.15) is 0 Å². The number of esters is 3. The summed E-state index contributed by atoms with van der Waals surface area (Å²) < 4.78 is 16.8. The summed E-state index contributed by atoms with van der Waals surface area (Å²) in [5, 5.41) is 0. The van der Waals surface area contributed by atoms with Gasteiger partial charge in [0.05, 0.1) is 0 Å². The fourth-order valence-electron chi connectivity index (χ4n) is 10.3. The van der Waals surface area contributed by atoms with Crippen LogP contribution in [0.15, 0.2) is 12.2 Å². The highest BCUT2D eigenvalue weighted by Gasteiger charge is 2.19. The van der Waals surface area contributed by atoms with E-state index in [-0.39, 0.29) is 31.1 Å². The maximum absolute atomic E-state index is 12.8. The molecule has 0 fully saturated rings. The van der Waals surface area contributed by atoms with E-state index in [2.05, 4.69) is 32.9 Å². The standard InChI is InChI=1S/C67H128O6/c1-4-7-10-13-16-18-20-22-24-26-27-28-29-30-31-32-33-34-35-36-37-38-39-40-41-42-44-45-47-49-51-54-57-60-66(69)72-63-64(62-71-65(68)59-56-53-15-12-9-6-3)73-67(70)61-58-55-52-50-48-46-43-25-23-21-19-17-14-11-8-5-2/h26-27,64H,4-25,28-63H2,1-3H3/b27-26-. The molecule has 0 amide bonds. The van der Waals surface area contributed by atoms with Crippen LogP contribution in [0, 0.1) is 0 Å². The van der Waals surface area contributed by atoms with E-state index in [1.165, 1.54) is 283 Å². The number of hydrogen-bond acceptors (Lipinski definition) is 6. The molecule has 0 spiro atoms. The molecule has 0 radical (unpaired) electrons. The van der Waals surface area contributed by atoms with Crippen molar-refractivity contribution >= 4 is 17.9 Å². The second-order valence-corrected chi connectivity index (χ2v) is 22.7. The van der Waals surface area contributed by atoms with E-state index in [1.807, 2.05) is 0 Å². The predicted molar refractivity (Wildman–Crippen MR) is 317 cm³/mol. The molecule has 73 heavy (non-hydrogen) atoms. The van der Waals surface area contributed by atoms with E-state index in [4.69, 9.17) is 14.2 Å². The first-order chi connectivity index (χ1) is 36.0. The molecule has 0 aromatic carbocycles. The van der Waals surface area contributed by atoms with Crippen molar-refractivity contribution < 1.29 is 28.6 Å². The Balaban J connectivity index is 3.89. The van der Waals surface area contributed by atoms with Crippen molar-refractivity contribution in [2.75, 3.05) is 13.2 Å². The fourth-order valence-corrected chi connectivity index (χ4v) is 10.3. The largest absolute Gasteiger partial charge is 0.462 e. The third-order valence-corrected chi connectivity index (χ3v) is 15.3. The van der Waals surface area contributed by atoms with Gasteiger partial charge in [-0.25, -0.2) is 0 Å². The normalized spacial score (nSPS) is 12.0. The first-order valence-corrected chi connectivity index (χ1v) is 33.2. The van der Waals surface area contributed by atoms with Crippen LogP contribution in [0.1, 0.15) is 380 Å². The highest BCUT2D eigenvalue weighted by atomic mass is 16.6. The molecule has 0 aliphatic carbocycles. The average Bonchev–Trinajstić information content (AvgIpc) is 3.39. The summed E-state index contributed by atoms with van der Waals surface area (Å²) in [6.45, 7) is 6.65. The van der Waals surface area contributed by atoms with E-state index in [1.54, 1.807) is 0 Å². The minimum Gasteiger partial charge on any atom is -0.462 e. The number of rotatable bonds is 62. The Hall–Kier alpha value is -1.85. The highest BCUT2D eigenvalue weighted by molar-refractivity contribution is 5.71. The van der Waals surface area contributed by atoms with E-state index < -0.39 is 6.10 Å². The summed E-state index contributed by atoms with van der Waals surface area (Å²) in [5.41, 5.74) is 0. The van der Waals surface area contributed by atoms with Crippen molar-refractivity contribution in [1.29, 1.82) is 0 Å². The summed E-state index contributed by atoms with van der Waals surface area (Å²) in [6.07, 6.45) is 74.3. The molecule has 432 valence electrons. The van der Waals surface area contributed by atoms with Crippen LogP contribution in [0.2, 0.25) is 0 Å². The van der Waals surface area contributed by atoms with Crippen LogP contribution >= 0.6 is 0 Å². The van der Waals surface area contributed by atoms with Crippen LogP contribution in [0.3, 0.4) is 0 Å². The molecule has 6 nitrogen and oxygen atoms in total. The van der Waals surface area contributed by atoms with Gasteiger partial charge in [0.25, 0.3) is 0 Å². The van der Waals surface area contributed by atoms with Gasteiger partial charge in [-0.15, -0.1) is 0 Å². The molecule has 0 aliphatic heterocycles. The van der Waals surface area contributed by atoms with Gasteiger partial charge in [0.2, 0.25) is 0 Å². The van der Waals surface area contributed by atoms with Crippen molar-refractivity contribution in [3.8, 4) is 0 Å². The third-order valence-electron chi connectivity index (χ3n) is 15.3. The van der Waals surface area contributed by atoms with E-state index in [9.17, 15) is 14.4 Å². The zero-order chi connectivity index (χ0) is 52.9. The molecular weight excluding hydrogens is 901 g/mol. The van der Waals surface area contributed by atoms with Crippen molar-refractivity contribution in [2.45, 2.75) is 386 Å². The smallest absolute Gasteiger partial charge is 0.306 e. The number of carbonyl (C=O) groups excluding carboxylic acids is 3. The van der Waals surface area contributed by atoms with Gasteiger partial charge >= 0.3 is 17.9 Å². The predicted octanol–water partition coefficient (Wildman–Crippen LogP) is 22.4. The van der Waals surface area contributed by atoms with Gasteiger partial charge in [-0.05, 0) is 44.9 Å². The van der Waals surface area contributed by atoms with E-state index >= 15 is 0 Å². The molecule has 0 aliphatic rings.